The van der Waals surface area contributed by atoms with Gasteiger partial charge >= 0.3 is 0 Å². The summed E-state index contributed by atoms with van der Waals surface area (Å²) >= 11 is 0. The van der Waals surface area contributed by atoms with Gasteiger partial charge < -0.3 is 14.8 Å². The molecule has 0 saturated heterocycles. The first-order valence-corrected chi connectivity index (χ1v) is 6.77. The lowest BCUT2D eigenvalue weighted by Crippen LogP contribution is -2.24. The Bertz CT molecular complexity index is 769. The lowest BCUT2D eigenvalue weighted by atomic mass is 10.1. The van der Waals surface area contributed by atoms with Gasteiger partial charge in [0.25, 0.3) is 5.91 Å². The van der Waals surface area contributed by atoms with E-state index >= 15 is 0 Å². The molecule has 0 aliphatic rings. The number of hydrogen-bond donors (Lipinski definition) is 1. The zero-order chi connectivity index (χ0) is 16.8. The third-order valence-electron chi connectivity index (χ3n) is 3.24. The highest BCUT2D eigenvalue weighted by atomic mass is 19.1. The number of methoxy groups -OCH3 is 2. The Balaban J connectivity index is 2.12. The van der Waals surface area contributed by atoms with E-state index in [1.807, 2.05) is 6.07 Å². The summed E-state index contributed by atoms with van der Waals surface area (Å²) in [7, 11) is 3.05. The maximum absolute atomic E-state index is 13.7. The van der Waals surface area contributed by atoms with Crippen LogP contribution >= 0.6 is 0 Å². The molecule has 0 bridgehead atoms. The highest BCUT2D eigenvalue weighted by Crippen LogP contribution is 2.27. The monoisotopic (exact) mass is 314 g/mol. The summed E-state index contributed by atoms with van der Waals surface area (Å²) in [4.78, 5) is 12.1. The Morgan fingerprint density at radius 1 is 1.17 bits per heavy atom. The van der Waals surface area contributed by atoms with Crippen LogP contribution in [-0.4, -0.2) is 20.1 Å². The molecule has 0 fully saturated rings. The van der Waals surface area contributed by atoms with Crippen molar-refractivity contribution >= 4 is 5.91 Å². The molecule has 0 unspecified atom stereocenters. The van der Waals surface area contributed by atoms with E-state index in [-0.39, 0.29) is 17.7 Å². The van der Waals surface area contributed by atoms with Gasteiger partial charge in [-0.1, -0.05) is 6.07 Å². The number of benzene rings is 2. The Labute approximate surface area is 133 Å². The van der Waals surface area contributed by atoms with E-state index < -0.39 is 11.7 Å². The standard InChI is InChI=1S/C17H15FN2O3/c1-22-15-6-4-12(8-16(15)23-2)10-20-17(21)13-7-11(9-19)3-5-14(13)18/h3-8H,10H2,1-2H3,(H,20,21). The summed E-state index contributed by atoms with van der Waals surface area (Å²) in [6.07, 6.45) is 0. The Kier molecular flexibility index (Phi) is 5.15. The molecule has 2 aromatic rings. The Morgan fingerprint density at radius 2 is 1.91 bits per heavy atom. The number of carbonyl (C=O) groups is 1. The smallest absolute Gasteiger partial charge is 0.254 e. The highest BCUT2D eigenvalue weighted by Gasteiger charge is 2.13. The van der Waals surface area contributed by atoms with Gasteiger partial charge in [-0.05, 0) is 35.9 Å². The van der Waals surface area contributed by atoms with Crippen LogP contribution in [0.3, 0.4) is 0 Å². The van der Waals surface area contributed by atoms with E-state index in [0.29, 0.717) is 11.5 Å². The molecule has 0 spiro atoms. The second-order valence-corrected chi connectivity index (χ2v) is 4.68. The zero-order valence-electron chi connectivity index (χ0n) is 12.7. The fraction of sp³-hybridized carbons (Fsp3) is 0.176. The van der Waals surface area contributed by atoms with Crippen LogP contribution in [0.1, 0.15) is 21.5 Å². The topological polar surface area (TPSA) is 71.3 Å². The fourth-order valence-electron chi connectivity index (χ4n) is 2.04. The van der Waals surface area contributed by atoms with Crippen LogP contribution in [0.25, 0.3) is 0 Å². The normalized spacial score (nSPS) is 9.83. The maximum atomic E-state index is 13.7. The van der Waals surface area contributed by atoms with Crippen LogP contribution in [0.4, 0.5) is 4.39 Å². The second-order valence-electron chi connectivity index (χ2n) is 4.68. The number of ether oxygens (including phenoxy) is 2. The fourth-order valence-corrected chi connectivity index (χ4v) is 2.04. The summed E-state index contributed by atoms with van der Waals surface area (Å²) in [6.45, 7) is 0.190. The number of amides is 1. The van der Waals surface area contributed by atoms with Crippen LogP contribution < -0.4 is 14.8 Å². The van der Waals surface area contributed by atoms with Crippen molar-refractivity contribution in [3.63, 3.8) is 0 Å². The molecule has 5 nitrogen and oxygen atoms in total. The molecule has 118 valence electrons. The summed E-state index contributed by atoms with van der Waals surface area (Å²) in [5.41, 5.74) is 0.833. The molecular formula is C17H15FN2O3. The molecular weight excluding hydrogens is 299 g/mol. The number of carbonyl (C=O) groups excluding carboxylic acids is 1. The predicted octanol–water partition coefficient (Wildman–Crippen LogP) is 2.64. The van der Waals surface area contributed by atoms with E-state index in [1.54, 1.807) is 18.2 Å². The van der Waals surface area contributed by atoms with E-state index in [4.69, 9.17) is 14.7 Å². The number of halogens is 1. The number of nitriles is 1. The van der Waals surface area contributed by atoms with Gasteiger partial charge in [-0.3, -0.25) is 4.79 Å². The van der Waals surface area contributed by atoms with Crippen LogP contribution in [0.2, 0.25) is 0 Å². The van der Waals surface area contributed by atoms with E-state index in [9.17, 15) is 9.18 Å². The summed E-state index contributed by atoms with van der Waals surface area (Å²) < 4.78 is 24.0. The van der Waals surface area contributed by atoms with Crippen molar-refractivity contribution in [2.75, 3.05) is 14.2 Å². The van der Waals surface area contributed by atoms with Crippen molar-refractivity contribution in [3.05, 3.63) is 58.9 Å². The van der Waals surface area contributed by atoms with Crippen LogP contribution in [0.5, 0.6) is 11.5 Å². The van der Waals surface area contributed by atoms with Gasteiger partial charge in [-0.2, -0.15) is 5.26 Å². The van der Waals surface area contributed by atoms with Gasteiger partial charge in [-0.15, -0.1) is 0 Å². The van der Waals surface area contributed by atoms with Gasteiger partial charge in [0, 0.05) is 6.54 Å². The molecule has 23 heavy (non-hydrogen) atoms. The highest BCUT2D eigenvalue weighted by molar-refractivity contribution is 5.94. The minimum absolute atomic E-state index is 0.162. The van der Waals surface area contributed by atoms with E-state index in [0.717, 1.165) is 11.6 Å². The average Bonchev–Trinajstić information content (AvgIpc) is 2.59. The number of hydrogen-bond acceptors (Lipinski definition) is 4. The molecule has 0 atom stereocenters. The summed E-state index contributed by atoms with van der Waals surface area (Å²) in [5.74, 6) is -0.143. The molecule has 2 rings (SSSR count). The number of rotatable bonds is 5. The van der Waals surface area contributed by atoms with Gasteiger partial charge in [0.15, 0.2) is 11.5 Å². The molecule has 1 N–H and O–H groups in total. The minimum Gasteiger partial charge on any atom is -0.493 e. The third-order valence-corrected chi connectivity index (χ3v) is 3.24. The molecule has 0 radical (unpaired) electrons. The molecule has 0 saturated carbocycles. The van der Waals surface area contributed by atoms with Crippen molar-refractivity contribution in [3.8, 4) is 17.6 Å². The Hall–Kier alpha value is -3.07. The SMILES string of the molecule is COc1ccc(CNC(=O)c2cc(C#N)ccc2F)cc1OC. The van der Waals surface area contributed by atoms with Gasteiger partial charge in [0.1, 0.15) is 5.82 Å². The number of nitrogens with zero attached hydrogens (tertiary/aromatic N) is 1. The van der Waals surface area contributed by atoms with Crippen LogP contribution in [0.15, 0.2) is 36.4 Å². The molecule has 1 amide bonds. The van der Waals surface area contributed by atoms with E-state index in [2.05, 4.69) is 5.32 Å². The molecule has 6 heteroatoms. The number of nitrogens with one attached hydrogen (secondary N) is 1. The molecule has 2 aromatic carbocycles. The third kappa shape index (κ3) is 3.77. The molecule has 0 aromatic heterocycles. The lowest BCUT2D eigenvalue weighted by molar-refractivity contribution is 0.0947. The van der Waals surface area contributed by atoms with Crippen LogP contribution in [-0.2, 0) is 6.54 Å². The largest absolute Gasteiger partial charge is 0.493 e. The summed E-state index contributed by atoms with van der Waals surface area (Å²) in [5, 5.41) is 11.4. The molecule has 0 aliphatic heterocycles. The lowest BCUT2D eigenvalue weighted by Gasteiger charge is -2.10. The quantitative estimate of drug-likeness (QED) is 0.921. The van der Waals surface area contributed by atoms with Crippen molar-refractivity contribution < 1.29 is 18.7 Å². The average molecular weight is 314 g/mol. The Morgan fingerprint density at radius 3 is 2.57 bits per heavy atom. The zero-order valence-corrected chi connectivity index (χ0v) is 12.7. The first kappa shape index (κ1) is 16.3. The van der Waals surface area contributed by atoms with Crippen molar-refractivity contribution in [1.29, 1.82) is 5.26 Å². The second kappa shape index (κ2) is 7.27. The van der Waals surface area contributed by atoms with Gasteiger partial charge in [-0.25, -0.2) is 4.39 Å². The van der Waals surface area contributed by atoms with Crippen molar-refractivity contribution in [1.82, 2.24) is 5.32 Å². The summed E-state index contributed by atoms with van der Waals surface area (Å²) in [6, 6.07) is 10.7. The molecule has 0 heterocycles. The predicted molar refractivity (Wildman–Crippen MR) is 81.8 cm³/mol. The van der Waals surface area contributed by atoms with Gasteiger partial charge in [0.05, 0.1) is 31.4 Å². The molecule has 0 aliphatic carbocycles. The first-order valence-electron chi connectivity index (χ1n) is 6.77. The van der Waals surface area contributed by atoms with Gasteiger partial charge in [0.2, 0.25) is 0 Å². The van der Waals surface area contributed by atoms with E-state index in [1.165, 1.54) is 26.4 Å². The first-order chi connectivity index (χ1) is 11.1. The minimum atomic E-state index is -0.672. The van der Waals surface area contributed by atoms with Crippen LogP contribution in [0, 0.1) is 17.1 Å². The maximum Gasteiger partial charge on any atom is 0.254 e. The van der Waals surface area contributed by atoms with Crippen molar-refractivity contribution in [2.24, 2.45) is 0 Å². The van der Waals surface area contributed by atoms with Crippen molar-refractivity contribution in [2.45, 2.75) is 6.54 Å².